The third-order valence-electron chi connectivity index (χ3n) is 7.03. The smallest absolute Gasteiger partial charge is 0.161 e. The van der Waals surface area contributed by atoms with Crippen molar-refractivity contribution in [3.05, 3.63) is 67.3 Å². The van der Waals surface area contributed by atoms with Crippen molar-refractivity contribution in [1.29, 1.82) is 0 Å². The number of pyridine rings is 4. The molecule has 6 aromatic heterocycles. The Bertz CT molecular complexity index is 1780. The summed E-state index contributed by atoms with van der Waals surface area (Å²) in [4.78, 5) is 25.3. The number of hydrogen-bond donors (Lipinski definition) is 4. The van der Waals surface area contributed by atoms with Gasteiger partial charge in [0, 0.05) is 35.6 Å². The van der Waals surface area contributed by atoms with E-state index in [1.165, 1.54) is 6.20 Å². The van der Waals surface area contributed by atoms with Gasteiger partial charge in [-0.25, -0.2) is 9.37 Å². The minimum atomic E-state index is -0.667. The molecule has 188 valence electrons. The van der Waals surface area contributed by atoms with Gasteiger partial charge in [-0.05, 0) is 31.0 Å². The molecule has 0 bridgehead atoms. The zero-order valence-electron chi connectivity index (χ0n) is 20.1. The third kappa shape index (κ3) is 3.75. The average Bonchev–Trinajstić information content (AvgIpc) is 3.53. The summed E-state index contributed by atoms with van der Waals surface area (Å²) in [5, 5.41) is 21.0. The second kappa shape index (κ2) is 8.96. The van der Waals surface area contributed by atoms with Gasteiger partial charge in [-0.3, -0.25) is 25.0 Å². The van der Waals surface area contributed by atoms with Crippen LogP contribution in [0.5, 0.6) is 0 Å². The highest BCUT2D eigenvalue weighted by molar-refractivity contribution is 5.97. The predicted octanol–water partition coefficient (Wildman–Crippen LogP) is 4.69. The molecule has 1 atom stereocenters. The van der Waals surface area contributed by atoms with Crippen LogP contribution in [0.2, 0.25) is 0 Å². The molecule has 1 aliphatic carbocycles. The van der Waals surface area contributed by atoms with Gasteiger partial charge < -0.3 is 15.4 Å². The van der Waals surface area contributed by atoms with E-state index in [-0.39, 0.29) is 17.0 Å². The largest absolute Gasteiger partial charge is 0.374 e. The normalized spacial score (nSPS) is 14.6. The van der Waals surface area contributed by atoms with Gasteiger partial charge in [-0.15, -0.1) is 0 Å². The molecule has 0 radical (unpaired) electrons. The summed E-state index contributed by atoms with van der Waals surface area (Å²) in [7, 11) is 0. The van der Waals surface area contributed by atoms with Crippen LogP contribution in [0.15, 0.2) is 61.4 Å². The molecule has 11 heteroatoms. The van der Waals surface area contributed by atoms with E-state index in [2.05, 4.69) is 40.4 Å². The van der Waals surface area contributed by atoms with Crippen molar-refractivity contribution >= 4 is 27.6 Å². The number of imidazole rings is 1. The fraction of sp³-hybridized carbons (Fsp3) is 0.185. The van der Waals surface area contributed by atoms with Crippen LogP contribution in [0, 0.1) is 11.7 Å². The zero-order chi connectivity index (χ0) is 25.6. The number of nitrogens with one attached hydrogen (secondary N) is 3. The SMILES string of the molecule is OC(Nc1cncc(-c2ncc3[nH]nc(-c4nc5c(-c6ccccn6)cncc5[nH]4)c3c2F)c1)C1CCC1. The summed E-state index contributed by atoms with van der Waals surface area (Å²) in [5.41, 5.74) is 4.80. The van der Waals surface area contributed by atoms with Crippen molar-refractivity contribution in [3.63, 3.8) is 0 Å². The number of H-pyrrole nitrogens is 2. The Morgan fingerprint density at radius 1 is 1.00 bits per heavy atom. The first-order valence-corrected chi connectivity index (χ1v) is 12.3. The molecule has 0 spiro atoms. The van der Waals surface area contributed by atoms with Gasteiger partial charge in [0.05, 0.1) is 46.4 Å². The highest BCUT2D eigenvalue weighted by atomic mass is 19.1. The molecule has 6 heterocycles. The molecule has 1 unspecified atom stereocenters. The second-order valence-corrected chi connectivity index (χ2v) is 9.41. The molecule has 1 saturated carbocycles. The van der Waals surface area contributed by atoms with Crippen LogP contribution in [-0.4, -0.2) is 51.4 Å². The zero-order valence-corrected chi connectivity index (χ0v) is 20.1. The Hall–Kier alpha value is -4.77. The summed E-state index contributed by atoms with van der Waals surface area (Å²) in [6.45, 7) is 0. The molecule has 0 aromatic carbocycles. The van der Waals surface area contributed by atoms with Gasteiger partial charge in [0.15, 0.2) is 11.6 Å². The molecule has 0 aliphatic heterocycles. The summed E-state index contributed by atoms with van der Waals surface area (Å²) in [6, 6.07) is 7.36. The molecule has 4 N–H and O–H groups in total. The van der Waals surface area contributed by atoms with Crippen LogP contribution in [0.1, 0.15) is 19.3 Å². The van der Waals surface area contributed by atoms with Crippen LogP contribution in [0.4, 0.5) is 10.1 Å². The van der Waals surface area contributed by atoms with Gasteiger partial charge in [0.2, 0.25) is 0 Å². The summed E-state index contributed by atoms with van der Waals surface area (Å²) >= 11 is 0. The molecular weight excluding hydrogens is 485 g/mol. The number of fused-ring (bicyclic) bond motifs is 2. The summed E-state index contributed by atoms with van der Waals surface area (Å²) in [6.07, 6.45) is 12.2. The van der Waals surface area contributed by atoms with E-state index in [0.29, 0.717) is 39.3 Å². The Morgan fingerprint density at radius 2 is 1.89 bits per heavy atom. The van der Waals surface area contributed by atoms with Crippen molar-refractivity contribution in [2.24, 2.45) is 5.92 Å². The third-order valence-corrected chi connectivity index (χ3v) is 7.03. The van der Waals surface area contributed by atoms with Gasteiger partial charge in [0.1, 0.15) is 23.1 Å². The van der Waals surface area contributed by atoms with Crippen LogP contribution in [-0.2, 0) is 0 Å². The molecule has 0 saturated heterocycles. The number of rotatable bonds is 6. The Balaban J connectivity index is 1.29. The molecule has 1 fully saturated rings. The lowest BCUT2D eigenvalue weighted by Crippen LogP contribution is -2.33. The number of aliphatic hydroxyl groups is 1. The number of aromatic amines is 2. The van der Waals surface area contributed by atoms with Crippen molar-refractivity contribution in [2.75, 3.05) is 5.32 Å². The molecule has 7 rings (SSSR count). The first-order chi connectivity index (χ1) is 18.7. The van der Waals surface area contributed by atoms with E-state index in [1.54, 1.807) is 37.1 Å². The van der Waals surface area contributed by atoms with E-state index in [4.69, 9.17) is 4.98 Å². The van der Waals surface area contributed by atoms with E-state index >= 15 is 4.39 Å². The maximum atomic E-state index is 16.0. The number of anilines is 1. The van der Waals surface area contributed by atoms with Crippen LogP contribution in [0.3, 0.4) is 0 Å². The minimum absolute atomic E-state index is 0.126. The topological polar surface area (TPSA) is 141 Å². The second-order valence-electron chi connectivity index (χ2n) is 9.41. The number of aromatic nitrogens is 8. The fourth-order valence-electron chi connectivity index (χ4n) is 4.80. The molecular formula is C27H22FN9O. The van der Waals surface area contributed by atoms with E-state index in [1.807, 2.05) is 18.2 Å². The van der Waals surface area contributed by atoms with E-state index in [9.17, 15) is 5.11 Å². The standard InChI is InChI=1S/C27H22FN9O/c28-22-21-19(13-32-23(22)15-8-16(10-29-9-15)33-27(38)14-4-3-5-14)36-37-25(21)26-34-20-12-30-11-17(24(20)35-26)18-6-1-2-7-31-18/h1-2,6-14,27,33,38H,3-5H2,(H,34,35)(H,36,37). The quantitative estimate of drug-likeness (QED) is 0.238. The fourth-order valence-corrected chi connectivity index (χ4v) is 4.80. The van der Waals surface area contributed by atoms with Gasteiger partial charge >= 0.3 is 0 Å². The Kier molecular flexibility index (Phi) is 5.29. The number of nitrogens with zero attached hydrogens (tertiary/aromatic N) is 6. The van der Waals surface area contributed by atoms with Crippen LogP contribution in [0.25, 0.3) is 56.0 Å². The number of aliphatic hydroxyl groups excluding tert-OH is 1. The van der Waals surface area contributed by atoms with Gasteiger partial charge in [-0.2, -0.15) is 5.10 Å². The highest BCUT2D eigenvalue weighted by Crippen LogP contribution is 2.35. The van der Waals surface area contributed by atoms with Crippen LogP contribution < -0.4 is 5.32 Å². The monoisotopic (exact) mass is 507 g/mol. The Labute approximate surface area is 215 Å². The highest BCUT2D eigenvalue weighted by Gasteiger charge is 2.26. The van der Waals surface area contributed by atoms with Crippen molar-refractivity contribution < 1.29 is 9.50 Å². The number of halogens is 1. The molecule has 1 aliphatic rings. The maximum Gasteiger partial charge on any atom is 0.161 e. The van der Waals surface area contributed by atoms with Crippen molar-refractivity contribution in [2.45, 2.75) is 25.5 Å². The van der Waals surface area contributed by atoms with Crippen LogP contribution >= 0.6 is 0 Å². The lowest BCUT2D eigenvalue weighted by Gasteiger charge is -2.31. The number of hydrogen-bond acceptors (Lipinski definition) is 8. The summed E-state index contributed by atoms with van der Waals surface area (Å²) < 4.78 is 16.0. The van der Waals surface area contributed by atoms with Crippen molar-refractivity contribution in [1.82, 2.24) is 40.1 Å². The van der Waals surface area contributed by atoms with Gasteiger partial charge in [0.25, 0.3) is 0 Å². The maximum absolute atomic E-state index is 16.0. The Morgan fingerprint density at radius 3 is 2.71 bits per heavy atom. The summed E-state index contributed by atoms with van der Waals surface area (Å²) in [5.74, 6) is 0.0634. The first-order valence-electron chi connectivity index (χ1n) is 12.3. The molecule has 10 nitrogen and oxygen atoms in total. The molecule has 38 heavy (non-hydrogen) atoms. The van der Waals surface area contributed by atoms with Crippen molar-refractivity contribution in [3.8, 4) is 34.0 Å². The first kappa shape index (κ1) is 22.4. The average molecular weight is 508 g/mol. The molecule has 6 aromatic rings. The lowest BCUT2D eigenvalue weighted by atomic mass is 9.84. The lowest BCUT2D eigenvalue weighted by molar-refractivity contribution is 0.0851. The minimum Gasteiger partial charge on any atom is -0.374 e. The predicted molar refractivity (Wildman–Crippen MR) is 140 cm³/mol. The molecule has 0 amide bonds. The van der Waals surface area contributed by atoms with E-state index in [0.717, 1.165) is 30.5 Å². The van der Waals surface area contributed by atoms with Gasteiger partial charge in [-0.1, -0.05) is 12.5 Å². The van der Waals surface area contributed by atoms with E-state index < -0.39 is 12.0 Å².